The summed E-state index contributed by atoms with van der Waals surface area (Å²) in [5.41, 5.74) is 5.15. The molecule has 6 heteroatoms. The van der Waals surface area contributed by atoms with Crippen LogP contribution in [0.2, 0.25) is 0 Å². The lowest BCUT2D eigenvalue weighted by molar-refractivity contribution is -0.114. The van der Waals surface area contributed by atoms with Gasteiger partial charge in [0.1, 0.15) is 0 Å². The van der Waals surface area contributed by atoms with Crippen LogP contribution < -0.4 is 5.32 Å². The Hall–Kier alpha value is -4.19. The van der Waals surface area contributed by atoms with Crippen LogP contribution in [0.3, 0.4) is 0 Å². The Morgan fingerprint density at radius 3 is 2.56 bits per heavy atom. The maximum Gasteiger partial charge on any atom is 0.337 e. The third-order valence-corrected chi connectivity index (χ3v) is 5.06. The molecule has 0 bridgehead atoms. The van der Waals surface area contributed by atoms with Gasteiger partial charge >= 0.3 is 5.97 Å². The van der Waals surface area contributed by atoms with Crippen molar-refractivity contribution in [2.24, 2.45) is 4.99 Å². The number of rotatable bonds is 6. The van der Waals surface area contributed by atoms with Gasteiger partial charge in [-0.1, -0.05) is 30.3 Å². The smallest absolute Gasteiger partial charge is 0.337 e. The SMILES string of the molecule is COC(=O)c1cccc(Cn2cc(C=Nc3ccc(NC(C)=O)cc3)c3ccccc32)c1. The molecule has 0 atom stereocenters. The number of benzene rings is 3. The maximum absolute atomic E-state index is 11.9. The average Bonchev–Trinajstić information content (AvgIpc) is 3.15. The van der Waals surface area contributed by atoms with E-state index in [1.807, 2.05) is 60.8 Å². The fraction of sp³-hybridized carbons (Fsp3) is 0.115. The largest absolute Gasteiger partial charge is 0.465 e. The molecular weight excluding hydrogens is 402 g/mol. The first-order chi connectivity index (χ1) is 15.5. The van der Waals surface area contributed by atoms with Gasteiger partial charge in [-0.15, -0.1) is 0 Å². The first kappa shape index (κ1) is 21.1. The minimum Gasteiger partial charge on any atom is -0.465 e. The third kappa shape index (κ3) is 4.75. The number of methoxy groups -OCH3 is 1. The zero-order chi connectivity index (χ0) is 22.5. The average molecular weight is 425 g/mol. The number of fused-ring (bicyclic) bond motifs is 1. The molecule has 0 radical (unpaired) electrons. The molecule has 0 fully saturated rings. The molecular formula is C26H23N3O3. The van der Waals surface area contributed by atoms with Crippen LogP contribution >= 0.6 is 0 Å². The van der Waals surface area contributed by atoms with Gasteiger partial charge in [0.05, 0.1) is 18.4 Å². The van der Waals surface area contributed by atoms with Crippen LogP contribution in [0.25, 0.3) is 10.9 Å². The molecule has 1 N–H and O–H groups in total. The van der Waals surface area contributed by atoms with Gasteiger partial charge in [0.25, 0.3) is 0 Å². The van der Waals surface area contributed by atoms with Gasteiger partial charge in [-0.05, 0) is 48.0 Å². The monoisotopic (exact) mass is 425 g/mol. The number of nitrogens with zero attached hydrogens (tertiary/aromatic N) is 2. The van der Waals surface area contributed by atoms with Crippen LogP contribution in [-0.4, -0.2) is 29.8 Å². The highest BCUT2D eigenvalue weighted by Gasteiger charge is 2.09. The number of amides is 1. The molecule has 1 heterocycles. The van der Waals surface area contributed by atoms with E-state index >= 15 is 0 Å². The highest BCUT2D eigenvalue weighted by Crippen LogP contribution is 2.23. The van der Waals surface area contributed by atoms with Crippen molar-refractivity contribution in [1.29, 1.82) is 0 Å². The van der Waals surface area contributed by atoms with Crippen molar-refractivity contribution in [1.82, 2.24) is 4.57 Å². The Kier molecular flexibility index (Phi) is 6.12. The van der Waals surface area contributed by atoms with E-state index in [-0.39, 0.29) is 11.9 Å². The second-order valence-corrected chi connectivity index (χ2v) is 7.41. The van der Waals surface area contributed by atoms with Crippen molar-refractivity contribution >= 4 is 40.4 Å². The van der Waals surface area contributed by atoms with Gasteiger partial charge in [-0.25, -0.2) is 4.79 Å². The zero-order valence-electron chi connectivity index (χ0n) is 17.9. The fourth-order valence-electron chi connectivity index (χ4n) is 3.60. The summed E-state index contributed by atoms with van der Waals surface area (Å²) in [5.74, 6) is -0.451. The van der Waals surface area contributed by atoms with Crippen molar-refractivity contribution in [2.75, 3.05) is 12.4 Å². The van der Waals surface area contributed by atoms with Crippen LogP contribution in [0, 0.1) is 0 Å². The van der Waals surface area contributed by atoms with Crippen LogP contribution in [0.1, 0.15) is 28.4 Å². The molecule has 0 unspecified atom stereocenters. The topological polar surface area (TPSA) is 72.7 Å². The van der Waals surface area contributed by atoms with Crippen LogP contribution in [-0.2, 0) is 16.1 Å². The molecule has 0 spiro atoms. The number of hydrogen-bond donors (Lipinski definition) is 1. The molecule has 6 nitrogen and oxygen atoms in total. The summed E-state index contributed by atoms with van der Waals surface area (Å²) in [6, 6.07) is 23.0. The lowest BCUT2D eigenvalue weighted by Crippen LogP contribution is -2.04. The van der Waals surface area contributed by atoms with E-state index in [1.54, 1.807) is 6.07 Å². The van der Waals surface area contributed by atoms with E-state index in [4.69, 9.17) is 4.74 Å². The third-order valence-electron chi connectivity index (χ3n) is 5.06. The van der Waals surface area contributed by atoms with Crippen molar-refractivity contribution < 1.29 is 14.3 Å². The lowest BCUT2D eigenvalue weighted by atomic mass is 10.1. The molecule has 4 rings (SSSR count). The molecule has 0 aliphatic rings. The molecule has 0 saturated carbocycles. The van der Waals surface area contributed by atoms with Gasteiger partial charge in [-0.2, -0.15) is 0 Å². The summed E-state index contributed by atoms with van der Waals surface area (Å²) in [6.45, 7) is 2.10. The van der Waals surface area contributed by atoms with Crippen molar-refractivity contribution in [3.8, 4) is 0 Å². The second kappa shape index (κ2) is 9.31. The summed E-state index contributed by atoms with van der Waals surface area (Å²) in [7, 11) is 1.38. The number of aromatic nitrogens is 1. The number of hydrogen-bond acceptors (Lipinski definition) is 4. The molecule has 0 aliphatic heterocycles. The summed E-state index contributed by atoms with van der Waals surface area (Å²) >= 11 is 0. The van der Waals surface area contributed by atoms with Gasteiger partial charge in [0.15, 0.2) is 0 Å². The standard InChI is InChI=1S/C26H23N3O3/c1-18(30)28-23-12-10-22(11-13-23)27-15-21-17-29(25-9-4-3-8-24(21)25)16-19-6-5-7-20(14-19)26(31)32-2/h3-15,17H,16H2,1-2H3,(H,28,30). The Morgan fingerprint density at radius 1 is 1.03 bits per heavy atom. The fourth-order valence-corrected chi connectivity index (χ4v) is 3.60. The minimum absolute atomic E-state index is 0.105. The van der Waals surface area contributed by atoms with E-state index in [0.717, 1.165) is 33.4 Å². The Bertz CT molecular complexity index is 1300. The summed E-state index contributed by atoms with van der Waals surface area (Å²) in [4.78, 5) is 27.6. The number of aliphatic imine (C=N–C) groups is 1. The highest BCUT2D eigenvalue weighted by molar-refractivity contribution is 6.00. The predicted molar refractivity (Wildman–Crippen MR) is 127 cm³/mol. The van der Waals surface area contributed by atoms with Gasteiger partial charge in [0, 0.05) is 48.0 Å². The number of nitrogens with one attached hydrogen (secondary N) is 1. The molecule has 1 aromatic heterocycles. The molecule has 3 aromatic carbocycles. The number of para-hydroxylation sites is 1. The second-order valence-electron chi connectivity index (χ2n) is 7.41. The Balaban J connectivity index is 1.61. The Labute approximate surface area is 186 Å². The lowest BCUT2D eigenvalue weighted by Gasteiger charge is -2.07. The van der Waals surface area contributed by atoms with Gasteiger partial charge in [-0.3, -0.25) is 9.79 Å². The molecule has 160 valence electrons. The van der Waals surface area contributed by atoms with Crippen molar-refractivity contribution in [3.05, 3.63) is 95.7 Å². The quantitative estimate of drug-likeness (QED) is 0.341. The molecule has 0 aliphatic carbocycles. The molecule has 4 aromatic rings. The van der Waals surface area contributed by atoms with Crippen LogP contribution in [0.5, 0.6) is 0 Å². The normalized spacial score (nSPS) is 11.1. The predicted octanol–water partition coefficient (Wildman–Crippen LogP) is 5.19. The van der Waals surface area contributed by atoms with E-state index < -0.39 is 0 Å². The van der Waals surface area contributed by atoms with Crippen LogP contribution in [0.4, 0.5) is 11.4 Å². The first-order valence-electron chi connectivity index (χ1n) is 10.2. The number of carbonyl (C=O) groups excluding carboxylic acids is 2. The zero-order valence-corrected chi connectivity index (χ0v) is 17.9. The first-order valence-corrected chi connectivity index (χ1v) is 10.2. The number of ether oxygens (including phenoxy) is 1. The number of carbonyl (C=O) groups is 2. The molecule has 1 amide bonds. The van der Waals surface area contributed by atoms with E-state index in [1.165, 1.54) is 14.0 Å². The molecule has 32 heavy (non-hydrogen) atoms. The van der Waals surface area contributed by atoms with E-state index in [0.29, 0.717) is 12.1 Å². The van der Waals surface area contributed by atoms with Crippen LogP contribution in [0.15, 0.2) is 84.0 Å². The summed E-state index contributed by atoms with van der Waals surface area (Å²) in [5, 5.41) is 3.84. The van der Waals surface area contributed by atoms with Gasteiger partial charge in [0.2, 0.25) is 5.91 Å². The van der Waals surface area contributed by atoms with E-state index in [9.17, 15) is 9.59 Å². The molecule has 0 saturated heterocycles. The number of esters is 1. The summed E-state index contributed by atoms with van der Waals surface area (Å²) < 4.78 is 6.98. The number of anilines is 1. The van der Waals surface area contributed by atoms with E-state index in [2.05, 4.69) is 33.2 Å². The highest BCUT2D eigenvalue weighted by atomic mass is 16.5. The minimum atomic E-state index is -0.346. The Morgan fingerprint density at radius 2 is 1.81 bits per heavy atom. The maximum atomic E-state index is 11.9. The van der Waals surface area contributed by atoms with Gasteiger partial charge < -0.3 is 14.6 Å². The van der Waals surface area contributed by atoms with Crippen molar-refractivity contribution in [2.45, 2.75) is 13.5 Å². The summed E-state index contributed by atoms with van der Waals surface area (Å²) in [6.07, 6.45) is 3.90. The van der Waals surface area contributed by atoms with Crippen molar-refractivity contribution in [3.63, 3.8) is 0 Å².